The van der Waals surface area contributed by atoms with Crippen LogP contribution in [0.25, 0.3) is 0 Å². The molecule has 226 valence electrons. The summed E-state index contributed by atoms with van der Waals surface area (Å²) in [5.74, 6) is -0.0739. The molecule has 0 heterocycles. The molecule has 8 nitrogen and oxygen atoms in total. The van der Waals surface area contributed by atoms with E-state index < -0.39 is 24.5 Å². The molecular weight excluding hydrogens is 573 g/mol. The van der Waals surface area contributed by atoms with Crippen LogP contribution in [0.15, 0.2) is 83.8 Å². The van der Waals surface area contributed by atoms with Gasteiger partial charge in [-0.15, -0.1) is 24.9 Å². The number of carbonyl (C=O) groups excluding carboxylic acids is 1. The van der Waals surface area contributed by atoms with Crippen LogP contribution in [-0.4, -0.2) is 66.5 Å². The van der Waals surface area contributed by atoms with Gasteiger partial charge in [-0.25, -0.2) is 9.59 Å². The Hall–Kier alpha value is -3.90. The third kappa shape index (κ3) is 11.9. The number of rotatable bonds is 16. The Morgan fingerprint density at radius 1 is 0.952 bits per heavy atom. The van der Waals surface area contributed by atoms with Gasteiger partial charge in [0, 0.05) is 30.2 Å². The maximum absolute atomic E-state index is 13.1. The summed E-state index contributed by atoms with van der Waals surface area (Å²) in [5, 5.41) is 12.0. The van der Waals surface area contributed by atoms with Gasteiger partial charge < -0.3 is 29.5 Å². The molecule has 0 aromatic heterocycles. The number of aliphatic carboxylic acids is 1. The molecule has 0 saturated carbocycles. The van der Waals surface area contributed by atoms with Gasteiger partial charge in [-0.3, -0.25) is 0 Å². The normalized spacial score (nSPS) is 11.9. The van der Waals surface area contributed by atoms with E-state index in [0.717, 1.165) is 28.3 Å². The molecule has 0 aliphatic rings. The molecule has 0 aliphatic heterocycles. The van der Waals surface area contributed by atoms with E-state index in [-0.39, 0.29) is 25.3 Å². The van der Waals surface area contributed by atoms with Crippen molar-refractivity contribution in [1.29, 1.82) is 0 Å². The smallest absolute Gasteiger partial charge is 0.492 e. The number of carboxylic acid groups (broad SMARTS) is 1. The highest BCUT2D eigenvalue weighted by Gasteiger charge is 2.31. The van der Waals surface area contributed by atoms with E-state index >= 15 is 0 Å². The second-order valence-electron chi connectivity index (χ2n) is 8.98. The maximum atomic E-state index is 13.1. The summed E-state index contributed by atoms with van der Waals surface area (Å²) in [6.07, 6.45) is -4.81. The number of carbonyl (C=O) groups is 2. The number of hydrogen-bond acceptors (Lipinski definition) is 6. The van der Waals surface area contributed by atoms with Gasteiger partial charge in [-0.05, 0) is 73.2 Å². The minimum Gasteiger partial charge on any atom is -0.492 e. The number of alkyl halides is 3. The topological polar surface area (TPSA) is 97.3 Å². The summed E-state index contributed by atoms with van der Waals surface area (Å²) in [4.78, 5) is 27.1. The zero-order chi connectivity index (χ0) is 30.4. The summed E-state index contributed by atoms with van der Waals surface area (Å²) >= 11 is 1.67. The first kappa shape index (κ1) is 32.6. The molecule has 1 unspecified atom stereocenters. The molecule has 0 aliphatic carbocycles. The summed E-state index contributed by atoms with van der Waals surface area (Å²) in [5.41, 5.74) is 1.10. The van der Waals surface area contributed by atoms with Crippen LogP contribution in [0.2, 0.25) is 0 Å². The van der Waals surface area contributed by atoms with Crippen molar-refractivity contribution in [3.05, 3.63) is 84.4 Å². The Kier molecular flexibility index (Phi) is 12.8. The van der Waals surface area contributed by atoms with Crippen molar-refractivity contribution >= 4 is 29.4 Å². The first-order valence-electron chi connectivity index (χ1n) is 13.3. The zero-order valence-electron chi connectivity index (χ0n) is 23.0. The van der Waals surface area contributed by atoms with Crippen molar-refractivity contribution in [1.82, 2.24) is 4.90 Å². The monoisotopic (exact) mass is 606 g/mol. The number of halogens is 3. The SMILES string of the molecule is CCOC(Cc1ccc(OCCN(CCCSc2ccccc2)C(=O)Nc2ccc(OC(F)(F)F)cc2)cc1)C(=O)O. The van der Waals surface area contributed by atoms with E-state index in [1.54, 1.807) is 47.9 Å². The van der Waals surface area contributed by atoms with Crippen LogP contribution in [0, 0.1) is 0 Å². The number of hydrogen-bond donors (Lipinski definition) is 2. The minimum atomic E-state index is -4.80. The second-order valence-corrected chi connectivity index (χ2v) is 10.2. The Morgan fingerprint density at radius 3 is 2.24 bits per heavy atom. The molecule has 3 aromatic rings. The molecule has 0 radical (unpaired) electrons. The van der Waals surface area contributed by atoms with E-state index in [2.05, 4.69) is 10.1 Å². The van der Waals surface area contributed by atoms with Crippen LogP contribution in [0.5, 0.6) is 11.5 Å². The van der Waals surface area contributed by atoms with Gasteiger partial charge in [0.15, 0.2) is 6.10 Å². The zero-order valence-corrected chi connectivity index (χ0v) is 23.8. The van der Waals surface area contributed by atoms with Crippen LogP contribution in [0.4, 0.5) is 23.7 Å². The molecule has 2 N–H and O–H groups in total. The highest BCUT2D eigenvalue weighted by molar-refractivity contribution is 7.99. The predicted octanol–water partition coefficient (Wildman–Crippen LogP) is 6.71. The van der Waals surface area contributed by atoms with E-state index in [4.69, 9.17) is 9.47 Å². The van der Waals surface area contributed by atoms with E-state index in [0.29, 0.717) is 31.0 Å². The van der Waals surface area contributed by atoms with Gasteiger partial charge in [0.1, 0.15) is 18.1 Å². The summed E-state index contributed by atoms with van der Waals surface area (Å²) in [7, 11) is 0. The molecule has 12 heteroatoms. The van der Waals surface area contributed by atoms with Gasteiger partial charge in [0.25, 0.3) is 0 Å². The predicted molar refractivity (Wildman–Crippen MR) is 154 cm³/mol. The molecule has 0 bridgehead atoms. The quantitative estimate of drug-likeness (QED) is 0.138. The number of thioether (sulfide) groups is 1. The van der Waals surface area contributed by atoms with Gasteiger partial charge in [-0.1, -0.05) is 30.3 Å². The second kappa shape index (κ2) is 16.5. The number of nitrogens with zero attached hydrogens (tertiary/aromatic N) is 1. The van der Waals surface area contributed by atoms with Gasteiger partial charge in [-0.2, -0.15) is 0 Å². The van der Waals surface area contributed by atoms with Crippen molar-refractivity contribution in [2.45, 2.75) is 37.1 Å². The van der Waals surface area contributed by atoms with Crippen molar-refractivity contribution in [2.24, 2.45) is 0 Å². The number of benzene rings is 3. The number of urea groups is 1. The average Bonchev–Trinajstić information content (AvgIpc) is 2.95. The molecule has 42 heavy (non-hydrogen) atoms. The Morgan fingerprint density at radius 2 is 1.62 bits per heavy atom. The Labute approximate surface area is 246 Å². The van der Waals surface area contributed by atoms with Crippen molar-refractivity contribution < 1.29 is 42.1 Å². The van der Waals surface area contributed by atoms with Crippen molar-refractivity contribution in [2.75, 3.05) is 37.4 Å². The maximum Gasteiger partial charge on any atom is 0.573 e. The van der Waals surface area contributed by atoms with Gasteiger partial charge in [0.05, 0.1) is 6.54 Å². The first-order valence-corrected chi connectivity index (χ1v) is 14.3. The number of amides is 2. The highest BCUT2D eigenvalue weighted by Crippen LogP contribution is 2.24. The van der Waals surface area contributed by atoms with Crippen LogP contribution < -0.4 is 14.8 Å². The Balaban J connectivity index is 1.56. The minimum absolute atomic E-state index is 0.188. The summed E-state index contributed by atoms with van der Waals surface area (Å²) < 4.78 is 52.3. The lowest BCUT2D eigenvalue weighted by Crippen LogP contribution is -2.38. The fraction of sp³-hybridized carbons (Fsp3) is 0.333. The molecular formula is C30H33F3N2O6S. The van der Waals surface area contributed by atoms with Crippen molar-refractivity contribution in [3.8, 4) is 11.5 Å². The standard InChI is InChI=1S/C30H33F3N2O6S/c1-2-39-27(28(36)37)21-22-9-13-24(14-10-22)40-19-18-35(17-6-20-42-26-7-4-3-5-8-26)29(38)34-23-11-15-25(16-12-23)41-30(31,32)33/h3-5,7-16,27H,2,6,17-21H2,1H3,(H,34,38)(H,36,37). The number of nitrogens with one attached hydrogen (secondary N) is 1. The third-order valence-electron chi connectivity index (χ3n) is 5.83. The van der Waals surface area contributed by atoms with Gasteiger partial charge >= 0.3 is 18.4 Å². The lowest BCUT2D eigenvalue weighted by molar-refractivity contribution is -0.274. The van der Waals surface area contributed by atoms with E-state index in [1.807, 2.05) is 30.3 Å². The highest BCUT2D eigenvalue weighted by atomic mass is 32.2. The molecule has 0 fully saturated rings. The summed E-state index contributed by atoms with van der Waals surface area (Å²) in [6.45, 7) is 2.90. The molecule has 3 rings (SSSR count). The summed E-state index contributed by atoms with van der Waals surface area (Å²) in [6, 6.07) is 21.4. The fourth-order valence-electron chi connectivity index (χ4n) is 3.85. The molecule has 0 saturated heterocycles. The van der Waals surface area contributed by atoms with Crippen LogP contribution >= 0.6 is 11.8 Å². The van der Waals surface area contributed by atoms with Crippen LogP contribution in [-0.2, 0) is 16.0 Å². The third-order valence-corrected chi connectivity index (χ3v) is 6.93. The van der Waals surface area contributed by atoms with Crippen molar-refractivity contribution in [3.63, 3.8) is 0 Å². The first-order chi connectivity index (χ1) is 20.1. The van der Waals surface area contributed by atoms with Gasteiger partial charge in [0.2, 0.25) is 0 Å². The lowest BCUT2D eigenvalue weighted by Gasteiger charge is -2.23. The number of carboxylic acids is 1. The number of anilines is 1. The largest absolute Gasteiger partial charge is 0.573 e. The molecule has 2 amide bonds. The fourth-order valence-corrected chi connectivity index (χ4v) is 4.71. The Bertz CT molecular complexity index is 1240. The molecule has 3 aromatic carbocycles. The molecule has 0 spiro atoms. The number of ether oxygens (including phenoxy) is 3. The average molecular weight is 607 g/mol. The van der Waals surface area contributed by atoms with E-state index in [1.165, 1.54) is 12.1 Å². The van der Waals surface area contributed by atoms with Crippen LogP contribution in [0.1, 0.15) is 18.9 Å². The molecule has 1 atom stereocenters. The van der Waals surface area contributed by atoms with E-state index in [9.17, 15) is 27.9 Å². The lowest BCUT2D eigenvalue weighted by atomic mass is 10.1. The van der Waals surface area contributed by atoms with Crippen LogP contribution in [0.3, 0.4) is 0 Å².